The second kappa shape index (κ2) is 3.05. The van der Waals surface area contributed by atoms with Crippen LogP contribution < -0.4 is 0 Å². The van der Waals surface area contributed by atoms with Gasteiger partial charge in [-0.05, 0) is 35.8 Å². The molecule has 1 saturated carbocycles. The Labute approximate surface area is 90.7 Å². The van der Waals surface area contributed by atoms with Crippen molar-refractivity contribution in [2.24, 2.45) is 11.3 Å². The number of carbonyl (C=O) groups excluding carboxylic acids is 1. The first-order valence-corrected chi connectivity index (χ1v) is 5.47. The summed E-state index contributed by atoms with van der Waals surface area (Å²) >= 11 is 0. The molecule has 0 spiro atoms. The van der Waals surface area contributed by atoms with E-state index in [9.17, 15) is 9.90 Å². The van der Waals surface area contributed by atoms with Crippen LogP contribution in [0.25, 0.3) is 0 Å². The normalized spacial score (nSPS) is 37.7. The molecule has 0 amide bonds. The summed E-state index contributed by atoms with van der Waals surface area (Å²) in [6.45, 7) is 7.94. The molecule has 0 aromatic carbocycles. The number of hydrogen-bond acceptors (Lipinski definition) is 2. The molecule has 2 heteroatoms. The van der Waals surface area contributed by atoms with E-state index in [1.54, 1.807) is 12.2 Å². The summed E-state index contributed by atoms with van der Waals surface area (Å²) in [6.07, 6.45) is 5.24. The van der Waals surface area contributed by atoms with Crippen molar-refractivity contribution in [2.75, 3.05) is 0 Å². The molecule has 0 heterocycles. The molecule has 0 unspecified atom stereocenters. The van der Waals surface area contributed by atoms with Crippen LogP contribution in [0, 0.1) is 11.3 Å². The van der Waals surface area contributed by atoms with Crippen LogP contribution in [0.1, 0.15) is 33.1 Å². The van der Waals surface area contributed by atoms with Crippen LogP contribution >= 0.6 is 0 Å². The molecule has 82 valence electrons. The minimum absolute atomic E-state index is 0.0236. The number of allylic oxidation sites excluding steroid dienone is 1. The molecule has 0 radical (unpaired) electrons. The van der Waals surface area contributed by atoms with E-state index < -0.39 is 5.60 Å². The van der Waals surface area contributed by atoms with Gasteiger partial charge >= 0.3 is 0 Å². The molecule has 2 aliphatic rings. The molecule has 1 fully saturated rings. The van der Waals surface area contributed by atoms with Crippen molar-refractivity contribution in [3.8, 4) is 0 Å². The van der Waals surface area contributed by atoms with Crippen molar-refractivity contribution >= 4 is 5.78 Å². The van der Waals surface area contributed by atoms with E-state index in [-0.39, 0.29) is 17.1 Å². The highest BCUT2D eigenvalue weighted by molar-refractivity contribution is 5.94. The highest BCUT2D eigenvalue weighted by Crippen LogP contribution is 2.56. The number of carbonyl (C=O) groups is 1. The minimum atomic E-state index is -0.817. The van der Waals surface area contributed by atoms with E-state index in [0.29, 0.717) is 12.8 Å². The average molecular weight is 206 g/mol. The lowest BCUT2D eigenvalue weighted by Gasteiger charge is -2.25. The van der Waals surface area contributed by atoms with Gasteiger partial charge in [0.1, 0.15) is 0 Å². The topological polar surface area (TPSA) is 37.3 Å². The van der Waals surface area contributed by atoms with Gasteiger partial charge in [-0.1, -0.05) is 19.9 Å². The van der Waals surface area contributed by atoms with Crippen LogP contribution in [-0.2, 0) is 4.79 Å². The predicted octanol–water partition coefficient (Wildman–Crippen LogP) is 2.24. The van der Waals surface area contributed by atoms with Crippen molar-refractivity contribution in [1.82, 2.24) is 0 Å². The second-order valence-electron chi connectivity index (χ2n) is 5.51. The van der Waals surface area contributed by atoms with Gasteiger partial charge in [0.15, 0.2) is 5.78 Å². The largest absolute Gasteiger partial charge is 0.385 e. The van der Waals surface area contributed by atoms with Crippen LogP contribution in [0.5, 0.6) is 0 Å². The fourth-order valence-electron chi connectivity index (χ4n) is 3.21. The molecule has 2 aliphatic carbocycles. The summed E-state index contributed by atoms with van der Waals surface area (Å²) in [5.41, 5.74) is 0.148. The molecule has 0 bridgehead atoms. The van der Waals surface area contributed by atoms with Gasteiger partial charge in [0.25, 0.3) is 0 Å². The summed E-state index contributed by atoms with van der Waals surface area (Å²) in [7, 11) is 0. The number of hydrogen-bond donors (Lipinski definition) is 1. The molecule has 2 nitrogen and oxygen atoms in total. The Kier molecular flexibility index (Phi) is 2.16. The first-order valence-electron chi connectivity index (χ1n) is 5.47. The van der Waals surface area contributed by atoms with E-state index in [1.807, 2.05) is 0 Å². The average Bonchev–Trinajstić information content (AvgIpc) is 2.53. The highest BCUT2D eigenvalue weighted by atomic mass is 16.3. The molecule has 2 rings (SSSR count). The Balaban J connectivity index is 2.41. The van der Waals surface area contributed by atoms with Crippen molar-refractivity contribution in [3.63, 3.8) is 0 Å². The Morgan fingerprint density at radius 1 is 1.67 bits per heavy atom. The summed E-state index contributed by atoms with van der Waals surface area (Å²) < 4.78 is 0. The third kappa shape index (κ3) is 1.48. The van der Waals surface area contributed by atoms with Gasteiger partial charge < -0.3 is 5.11 Å². The maximum absolute atomic E-state index is 11.4. The van der Waals surface area contributed by atoms with Crippen LogP contribution in [0.3, 0.4) is 0 Å². The molecular formula is C13H18O2. The zero-order valence-corrected chi connectivity index (χ0v) is 9.42. The predicted molar refractivity (Wildman–Crippen MR) is 59.4 cm³/mol. The van der Waals surface area contributed by atoms with Gasteiger partial charge in [-0.3, -0.25) is 4.79 Å². The van der Waals surface area contributed by atoms with Crippen molar-refractivity contribution in [3.05, 3.63) is 24.3 Å². The van der Waals surface area contributed by atoms with Crippen molar-refractivity contribution in [2.45, 2.75) is 38.7 Å². The van der Waals surface area contributed by atoms with Crippen LogP contribution in [0.4, 0.5) is 0 Å². The molecule has 0 aromatic heterocycles. The molecule has 15 heavy (non-hydrogen) atoms. The number of aliphatic hydroxyl groups is 1. The third-order valence-corrected chi connectivity index (χ3v) is 3.81. The standard InChI is InChI=1S/C13H18O2/c1-4-5-13(15)8-12(2,3)10-6-9(14)7-11(10)13/h4,7,10,15H,1,5-6,8H2,2-3H3/t10-,13+/m1/s1. The molecule has 1 N–H and O–H groups in total. The number of fused-ring (bicyclic) bond motifs is 1. The van der Waals surface area contributed by atoms with E-state index >= 15 is 0 Å². The smallest absolute Gasteiger partial charge is 0.156 e. The maximum atomic E-state index is 11.4. The zero-order chi connectivity index (χ0) is 11.3. The second-order valence-corrected chi connectivity index (χ2v) is 5.51. The quantitative estimate of drug-likeness (QED) is 0.703. The number of ketones is 1. The van der Waals surface area contributed by atoms with Crippen molar-refractivity contribution in [1.29, 1.82) is 0 Å². The van der Waals surface area contributed by atoms with E-state index in [1.165, 1.54) is 0 Å². The molecule has 0 aromatic rings. The van der Waals surface area contributed by atoms with Crippen LogP contribution in [0.2, 0.25) is 0 Å². The monoisotopic (exact) mass is 206 g/mol. The summed E-state index contributed by atoms with van der Waals surface area (Å²) in [5.74, 6) is 0.389. The lowest BCUT2D eigenvalue weighted by atomic mass is 9.80. The van der Waals surface area contributed by atoms with E-state index in [2.05, 4.69) is 20.4 Å². The van der Waals surface area contributed by atoms with Crippen LogP contribution in [-0.4, -0.2) is 16.5 Å². The Hall–Kier alpha value is -0.890. The van der Waals surface area contributed by atoms with Gasteiger partial charge in [0.2, 0.25) is 0 Å². The Morgan fingerprint density at radius 2 is 2.33 bits per heavy atom. The first-order chi connectivity index (χ1) is 6.89. The fraction of sp³-hybridized carbons (Fsp3) is 0.615. The summed E-state index contributed by atoms with van der Waals surface area (Å²) in [5, 5.41) is 10.5. The van der Waals surface area contributed by atoms with Crippen molar-refractivity contribution < 1.29 is 9.90 Å². The van der Waals surface area contributed by atoms with Gasteiger partial charge in [-0.2, -0.15) is 0 Å². The Morgan fingerprint density at radius 3 is 2.93 bits per heavy atom. The van der Waals surface area contributed by atoms with Gasteiger partial charge in [-0.15, -0.1) is 6.58 Å². The minimum Gasteiger partial charge on any atom is -0.385 e. The molecular weight excluding hydrogens is 188 g/mol. The lowest BCUT2D eigenvalue weighted by molar-refractivity contribution is -0.115. The van der Waals surface area contributed by atoms with Gasteiger partial charge in [0, 0.05) is 6.42 Å². The third-order valence-electron chi connectivity index (χ3n) is 3.81. The van der Waals surface area contributed by atoms with E-state index in [4.69, 9.17) is 0 Å². The SMILES string of the molecule is C=CC[C@]1(O)CC(C)(C)[C@@H]2CC(=O)C=C21. The molecule has 2 atom stereocenters. The van der Waals surface area contributed by atoms with E-state index in [0.717, 1.165) is 12.0 Å². The van der Waals surface area contributed by atoms with Gasteiger partial charge in [0.05, 0.1) is 5.60 Å². The summed E-state index contributed by atoms with van der Waals surface area (Å²) in [4.78, 5) is 11.4. The van der Waals surface area contributed by atoms with Gasteiger partial charge in [-0.25, -0.2) is 0 Å². The molecule has 0 saturated heterocycles. The highest BCUT2D eigenvalue weighted by Gasteiger charge is 2.54. The first kappa shape index (κ1) is 10.6. The molecule has 0 aliphatic heterocycles. The lowest BCUT2D eigenvalue weighted by Crippen LogP contribution is -2.27. The zero-order valence-electron chi connectivity index (χ0n) is 9.42. The Bertz CT molecular complexity index is 352. The number of rotatable bonds is 2. The maximum Gasteiger partial charge on any atom is 0.156 e. The summed E-state index contributed by atoms with van der Waals surface area (Å²) in [6, 6.07) is 0. The van der Waals surface area contributed by atoms with Crippen LogP contribution in [0.15, 0.2) is 24.3 Å². The fourth-order valence-corrected chi connectivity index (χ4v) is 3.21.